The predicted octanol–water partition coefficient (Wildman–Crippen LogP) is 1.68. The van der Waals surface area contributed by atoms with E-state index in [0.717, 1.165) is 18.8 Å². The lowest BCUT2D eigenvalue weighted by molar-refractivity contribution is 0.706. The molecule has 0 atom stereocenters. The summed E-state index contributed by atoms with van der Waals surface area (Å²) in [5.41, 5.74) is 0. The van der Waals surface area contributed by atoms with Gasteiger partial charge in [-0.15, -0.1) is 11.6 Å². The zero-order valence-corrected chi connectivity index (χ0v) is 6.80. The summed E-state index contributed by atoms with van der Waals surface area (Å²) in [6.45, 7) is 3.08. The Morgan fingerprint density at radius 2 is 2.50 bits per heavy atom. The number of hydrogen-bond acceptors (Lipinski definition) is 1. The first kappa shape index (κ1) is 7.61. The third kappa shape index (κ3) is 1.51. The largest absolute Gasteiger partial charge is 0.335 e. The summed E-state index contributed by atoms with van der Waals surface area (Å²) in [5, 5.41) is 0. The quantitative estimate of drug-likeness (QED) is 0.613. The van der Waals surface area contributed by atoms with E-state index >= 15 is 0 Å². The molecule has 3 heteroatoms. The van der Waals surface area contributed by atoms with Gasteiger partial charge in [-0.05, 0) is 6.92 Å². The fraction of sp³-hybridized carbons (Fsp3) is 0.571. The van der Waals surface area contributed by atoms with E-state index in [9.17, 15) is 0 Å². The maximum atomic E-state index is 5.57. The van der Waals surface area contributed by atoms with Crippen LogP contribution in [-0.4, -0.2) is 15.4 Å². The monoisotopic (exact) mass is 158 g/mol. The molecule has 0 spiro atoms. The van der Waals surface area contributed by atoms with Crippen molar-refractivity contribution in [3.05, 3.63) is 18.2 Å². The summed E-state index contributed by atoms with van der Waals surface area (Å²) in [6.07, 6.45) is 4.65. The highest BCUT2D eigenvalue weighted by Crippen LogP contribution is 1.98. The molecule has 10 heavy (non-hydrogen) atoms. The van der Waals surface area contributed by atoms with E-state index in [1.165, 1.54) is 0 Å². The van der Waals surface area contributed by atoms with E-state index in [1.54, 1.807) is 0 Å². The number of nitrogens with zero attached hydrogens (tertiary/aromatic N) is 2. The molecule has 0 bridgehead atoms. The number of aryl methyl sites for hydroxylation is 2. The van der Waals surface area contributed by atoms with Crippen LogP contribution in [0.1, 0.15) is 12.7 Å². The molecule has 0 aliphatic heterocycles. The van der Waals surface area contributed by atoms with Crippen LogP contribution >= 0.6 is 11.6 Å². The second kappa shape index (κ2) is 3.62. The average Bonchev–Trinajstić information content (AvgIpc) is 2.36. The number of imidazole rings is 1. The van der Waals surface area contributed by atoms with E-state index in [4.69, 9.17) is 11.6 Å². The second-order valence-electron chi connectivity index (χ2n) is 2.07. The average molecular weight is 159 g/mol. The van der Waals surface area contributed by atoms with Crippen LogP contribution in [0.2, 0.25) is 0 Å². The Morgan fingerprint density at radius 1 is 1.70 bits per heavy atom. The molecule has 0 unspecified atom stereocenters. The highest BCUT2D eigenvalue weighted by atomic mass is 35.5. The lowest BCUT2D eigenvalue weighted by Crippen LogP contribution is -2.01. The molecule has 1 aromatic heterocycles. The molecule has 0 aromatic carbocycles. The lowest BCUT2D eigenvalue weighted by atomic mass is 10.4. The van der Waals surface area contributed by atoms with Crippen molar-refractivity contribution in [3.8, 4) is 0 Å². The lowest BCUT2D eigenvalue weighted by Gasteiger charge is -2.00. The highest BCUT2D eigenvalue weighted by molar-refractivity contribution is 6.17. The third-order valence-electron chi connectivity index (χ3n) is 1.46. The van der Waals surface area contributed by atoms with Crippen molar-refractivity contribution in [3.63, 3.8) is 0 Å². The SMILES string of the molecule is CCn1ccnc1CCCl. The zero-order valence-electron chi connectivity index (χ0n) is 6.05. The molecular formula is C7H11ClN2. The molecule has 1 heterocycles. The first-order chi connectivity index (χ1) is 4.88. The third-order valence-corrected chi connectivity index (χ3v) is 1.65. The Bertz CT molecular complexity index is 195. The Kier molecular flexibility index (Phi) is 2.75. The molecule has 0 saturated carbocycles. The number of halogens is 1. The van der Waals surface area contributed by atoms with Gasteiger partial charge in [-0.1, -0.05) is 0 Å². The molecule has 0 aliphatic carbocycles. The fourth-order valence-electron chi connectivity index (χ4n) is 0.941. The Labute approximate surface area is 65.8 Å². The molecule has 0 radical (unpaired) electrons. The van der Waals surface area contributed by atoms with Gasteiger partial charge in [0, 0.05) is 31.2 Å². The van der Waals surface area contributed by atoms with Crippen molar-refractivity contribution in [1.29, 1.82) is 0 Å². The van der Waals surface area contributed by atoms with Crippen LogP contribution in [0.3, 0.4) is 0 Å². The molecule has 1 aromatic rings. The fourth-order valence-corrected chi connectivity index (χ4v) is 1.11. The van der Waals surface area contributed by atoms with E-state index < -0.39 is 0 Å². The molecule has 0 N–H and O–H groups in total. The summed E-state index contributed by atoms with van der Waals surface area (Å²) < 4.78 is 2.10. The van der Waals surface area contributed by atoms with Gasteiger partial charge in [0.2, 0.25) is 0 Å². The Morgan fingerprint density at radius 3 is 3.10 bits per heavy atom. The standard InChI is InChI=1S/C7H11ClN2/c1-2-10-6-5-9-7(10)3-4-8/h5-6H,2-4H2,1H3. The van der Waals surface area contributed by atoms with Crippen molar-refractivity contribution in [1.82, 2.24) is 9.55 Å². The van der Waals surface area contributed by atoms with Gasteiger partial charge < -0.3 is 4.57 Å². The Hall–Kier alpha value is -0.500. The van der Waals surface area contributed by atoms with Gasteiger partial charge >= 0.3 is 0 Å². The summed E-state index contributed by atoms with van der Waals surface area (Å²) in [7, 11) is 0. The molecule has 0 amide bonds. The summed E-state index contributed by atoms with van der Waals surface area (Å²) in [5.74, 6) is 1.73. The van der Waals surface area contributed by atoms with Gasteiger partial charge in [-0.2, -0.15) is 0 Å². The van der Waals surface area contributed by atoms with Gasteiger partial charge in [-0.3, -0.25) is 0 Å². The minimum atomic E-state index is 0.650. The first-order valence-corrected chi connectivity index (χ1v) is 3.98. The number of alkyl halides is 1. The smallest absolute Gasteiger partial charge is 0.109 e. The first-order valence-electron chi connectivity index (χ1n) is 3.44. The highest BCUT2D eigenvalue weighted by Gasteiger charge is 1.97. The van der Waals surface area contributed by atoms with Crippen LogP contribution in [0, 0.1) is 0 Å². The maximum Gasteiger partial charge on any atom is 0.109 e. The summed E-state index contributed by atoms with van der Waals surface area (Å²) >= 11 is 5.57. The van der Waals surface area contributed by atoms with Crippen LogP contribution in [0.5, 0.6) is 0 Å². The Balaban J connectivity index is 2.70. The molecule has 0 saturated heterocycles. The summed E-state index contributed by atoms with van der Waals surface area (Å²) in [4.78, 5) is 4.16. The van der Waals surface area contributed by atoms with Gasteiger partial charge in [-0.25, -0.2) is 4.98 Å². The molecule has 56 valence electrons. The number of aromatic nitrogens is 2. The van der Waals surface area contributed by atoms with Crippen LogP contribution < -0.4 is 0 Å². The maximum absolute atomic E-state index is 5.57. The van der Waals surface area contributed by atoms with E-state index in [2.05, 4.69) is 16.5 Å². The molecular weight excluding hydrogens is 148 g/mol. The number of rotatable bonds is 3. The van der Waals surface area contributed by atoms with Gasteiger partial charge in [0.05, 0.1) is 0 Å². The minimum Gasteiger partial charge on any atom is -0.335 e. The van der Waals surface area contributed by atoms with Crippen molar-refractivity contribution in [2.75, 3.05) is 5.88 Å². The van der Waals surface area contributed by atoms with E-state index in [0.29, 0.717) is 5.88 Å². The summed E-state index contributed by atoms with van der Waals surface area (Å²) in [6, 6.07) is 0. The van der Waals surface area contributed by atoms with Gasteiger partial charge in [0.25, 0.3) is 0 Å². The van der Waals surface area contributed by atoms with Crippen LogP contribution in [-0.2, 0) is 13.0 Å². The van der Waals surface area contributed by atoms with E-state index in [-0.39, 0.29) is 0 Å². The van der Waals surface area contributed by atoms with Crippen LogP contribution in [0.4, 0.5) is 0 Å². The molecule has 2 nitrogen and oxygen atoms in total. The predicted molar refractivity (Wildman–Crippen MR) is 42.3 cm³/mol. The number of hydrogen-bond donors (Lipinski definition) is 0. The van der Waals surface area contributed by atoms with Crippen LogP contribution in [0.15, 0.2) is 12.4 Å². The van der Waals surface area contributed by atoms with Gasteiger partial charge in [0.15, 0.2) is 0 Å². The van der Waals surface area contributed by atoms with Crippen molar-refractivity contribution >= 4 is 11.6 Å². The van der Waals surface area contributed by atoms with Crippen molar-refractivity contribution < 1.29 is 0 Å². The van der Waals surface area contributed by atoms with Crippen LogP contribution in [0.25, 0.3) is 0 Å². The van der Waals surface area contributed by atoms with E-state index in [1.807, 2.05) is 12.4 Å². The molecule has 0 fully saturated rings. The minimum absolute atomic E-state index is 0.650. The normalized spacial score (nSPS) is 10.2. The second-order valence-corrected chi connectivity index (χ2v) is 2.45. The topological polar surface area (TPSA) is 17.8 Å². The van der Waals surface area contributed by atoms with Crippen molar-refractivity contribution in [2.24, 2.45) is 0 Å². The molecule has 0 aliphatic rings. The van der Waals surface area contributed by atoms with Gasteiger partial charge in [0.1, 0.15) is 5.82 Å². The van der Waals surface area contributed by atoms with Crippen molar-refractivity contribution in [2.45, 2.75) is 19.9 Å². The molecule has 1 rings (SSSR count). The zero-order chi connectivity index (χ0) is 7.40.